The molecule has 1 saturated heterocycles. The lowest BCUT2D eigenvalue weighted by Gasteiger charge is -2.22. The minimum absolute atomic E-state index is 0.0419. The predicted molar refractivity (Wildman–Crippen MR) is 47.6 cm³/mol. The molecular weight excluding hydrogens is 192 g/mol. The highest BCUT2D eigenvalue weighted by Crippen LogP contribution is 2.24. The maximum Gasteiger partial charge on any atom is 0.326 e. The molecule has 1 aliphatic heterocycles. The van der Waals surface area contributed by atoms with Crippen molar-refractivity contribution in [1.29, 1.82) is 0 Å². The molecule has 1 fully saturated rings. The number of imide groups is 1. The van der Waals surface area contributed by atoms with Crippen LogP contribution in [0.25, 0.3) is 0 Å². The maximum absolute atomic E-state index is 11.3. The van der Waals surface area contributed by atoms with Gasteiger partial charge in [0.2, 0.25) is 0 Å². The molecule has 1 heterocycles. The van der Waals surface area contributed by atoms with Gasteiger partial charge in [-0.25, -0.2) is 9.69 Å². The Balaban J connectivity index is 2.26. The van der Waals surface area contributed by atoms with Gasteiger partial charge in [0, 0.05) is 0 Å². The summed E-state index contributed by atoms with van der Waals surface area (Å²) in [6.07, 6.45) is 5.62. The van der Waals surface area contributed by atoms with E-state index in [1.54, 1.807) is 0 Å². The number of rotatable bonds is 0. The first-order valence-corrected chi connectivity index (χ1v) is 4.54. The van der Waals surface area contributed by atoms with Gasteiger partial charge >= 0.3 is 11.4 Å². The number of hydrogen-bond donors (Lipinski definition) is 1. The Morgan fingerprint density at radius 1 is 1.69 bits per heavy atom. The lowest BCUT2D eigenvalue weighted by Crippen LogP contribution is -2.37. The minimum atomic E-state index is -0.712. The van der Waals surface area contributed by atoms with E-state index in [9.17, 15) is 9.59 Å². The third-order valence-corrected chi connectivity index (χ3v) is 2.59. The number of urea groups is 1. The summed E-state index contributed by atoms with van der Waals surface area (Å²) < 4.78 is 0. The van der Waals surface area contributed by atoms with Gasteiger partial charge in [0.1, 0.15) is 0 Å². The maximum atomic E-state index is 11.3. The molecule has 0 aromatic carbocycles. The number of allylic oxidation sites excluding steroid dienone is 1. The Morgan fingerprint density at radius 3 is 3.15 bits per heavy atom. The summed E-state index contributed by atoms with van der Waals surface area (Å²) in [5, 5.41) is 2.01. The van der Waals surface area contributed by atoms with E-state index >= 15 is 0 Å². The topological polar surface area (TPSA) is 49.4 Å². The summed E-state index contributed by atoms with van der Waals surface area (Å²) in [5.41, 5.74) is 0. The average Bonchev–Trinajstić information content (AvgIpc) is 2.39. The highest BCUT2D eigenvalue weighted by Gasteiger charge is 2.41. The molecule has 2 atom stereocenters. The summed E-state index contributed by atoms with van der Waals surface area (Å²) in [6, 6.07) is -0.534. The van der Waals surface area contributed by atoms with Crippen LogP contribution in [0.15, 0.2) is 12.2 Å². The molecule has 2 aliphatic rings. The van der Waals surface area contributed by atoms with Gasteiger partial charge in [-0.1, -0.05) is 12.2 Å². The number of halogens is 1. The smallest absolute Gasteiger partial charge is 0.326 e. The number of fused-ring (bicyclic) bond motifs is 1. The van der Waals surface area contributed by atoms with Crippen molar-refractivity contribution in [3.05, 3.63) is 12.2 Å². The minimum Gasteiger partial charge on any atom is -0.332 e. The van der Waals surface area contributed by atoms with Crippen LogP contribution in [0.5, 0.6) is 0 Å². The van der Waals surface area contributed by atoms with Crippen LogP contribution in [0.3, 0.4) is 0 Å². The van der Waals surface area contributed by atoms with Crippen molar-refractivity contribution in [3.63, 3.8) is 0 Å². The second-order valence-corrected chi connectivity index (χ2v) is 3.50. The molecule has 2 unspecified atom stereocenters. The Hall–Kier alpha value is -1.03. The summed E-state index contributed by atoms with van der Waals surface area (Å²) in [6.45, 7) is 0. The normalized spacial score (nSPS) is 31.5. The SMILES string of the molecule is O=C(Cl)N1C(=O)NC2CCC=CC21. The molecule has 3 amide bonds. The second-order valence-electron chi connectivity index (χ2n) is 3.18. The summed E-state index contributed by atoms with van der Waals surface area (Å²) in [5.74, 6) is 0. The van der Waals surface area contributed by atoms with Crippen LogP contribution in [-0.2, 0) is 0 Å². The van der Waals surface area contributed by atoms with Crippen LogP contribution < -0.4 is 5.32 Å². The van der Waals surface area contributed by atoms with Crippen molar-refractivity contribution in [2.45, 2.75) is 24.9 Å². The lowest BCUT2D eigenvalue weighted by atomic mass is 9.98. The second kappa shape index (κ2) is 3.03. The zero-order valence-corrected chi connectivity index (χ0v) is 7.62. The number of amides is 3. The predicted octanol–water partition coefficient (Wildman–Crippen LogP) is 1.46. The van der Waals surface area contributed by atoms with Crippen LogP contribution in [0.1, 0.15) is 12.8 Å². The first-order chi connectivity index (χ1) is 6.20. The Bertz CT molecular complexity index is 290. The van der Waals surface area contributed by atoms with Crippen molar-refractivity contribution in [1.82, 2.24) is 10.2 Å². The lowest BCUT2D eigenvalue weighted by molar-refractivity contribution is 0.206. The number of carbonyl (C=O) groups excluding carboxylic acids is 2. The molecule has 70 valence electrons. The van der Waals surface area contributed by atoms with E-state index in [-0.39, 0.29) is 18.1 Å². The molecule has 0 spiro atoms. The largest absolute Gasteiger partial charge is 0.332 e. The molecule has 1 aliphatic carbocycles. The molecule has 13 heavy (non-hydrogen) atoms. The highest BCUT2D eigenvalue weighted by atomic mass is 35.5. The van der Waals surface area contributed by atoms with Gasteiger partial charge in [-0.15, -0.1) is 0 Å². The van der Waals surface area contributed by atoms with E-state index in [0.717, 1.165) is 17.7 Å². The van der Waals surface area contributed by atoms with Crippen molar-refractivity contribution >= 4 is 23.0 Å². The van der Waals surface area contributed by atoms with Gasteiger partial charge < -0.3 is 5.32 Å². The van der Waals surface area contributed by atoms with E-state index < -0.39 is 5.37 Å². The summed E-state index contributed by atoms with van der Waals surface area (Å²) in [4.78, 5) is 23.2. The summed E-state index contributed by atoms with van der Waals surface area (Å²) in [7, 11) is 0. The van der Waals surface area contributed by atoms with Gasteiger partial charge in [0.05, 0.1) is 12.1 Å². The summed E-state index contributed by atoms with van der Waals surface area (Å²) >= 11 is 5.29. The van der Waals surface area contributed by atoms with Crippen molar-refractivity contribution in [2.75, 3.05) is 0 Å². The monoisotopic (exact) mass is 200 g/mol. The first-order valence-electron chi connectivity index (χ1n) is 4.16. The molecule has 5 heteroatoms. The van der Waals surface area contributed by atoms with Gasteiger partial charge in [-0.2, -0.15) is 0 Å². The van der Waals surface area contributed by atoms with Crippen LogP contribution in [0, 0.1) is 0 Å². The number of nitrogens with one attached hydrogen (secondary N) is 1. The Kier molecular flexibility index (Phi) is 2.00. The molecule has 2 rings (SSSR count). The molecule has 0 aromatic heterocycles. The molecular formula is C8H9ClN2O2. The van der Waals surface area contributed by atoms with E-state index in [0.29, 0.717) is 0 Å². The van der Waals surface area contributed by atoms with E-state index in [1.807, 2.05) is 12.2 Å². The zero-order valence-electron chi connectivity index (χ0n) is 6.87. The van der Waals surface area contributed by atoms with Gasteiger partial charge in [-0.05, 0) is 24.4 Å². The number of carbonyl (C=O) groups is 2. The van der Waals surface area contributed by atoms with Crippen molar-refractivity contribution < 1.29 is 9.59 Å². The van der Waals surface area contributed by atoms with E-state index in [1.165, 1.54) is 0 Å². The van der Waals surface area contributed by atoms with Crippen LogP contribution >= 0.6 is 11.6 Å². The molecule has 0 bridgehead atoms. The molecule has 1 N–H and O–H groups in total. The molecule has 0 radical (unpaired) electrons. The molecule has 4 nitrogen and oxygen atoms in total. The number of hydrogen-bond acceptors (Lipinski definition) is 2. The average molecular weight is 201 g/mol. The fraction of sp³-hybridized carbons (Fsp3) is 0.500. The quantitative estimate of drug-likeness (QED) is 0.366. The van der Waals surface area contributed by atoms with Crippen molar-refractivity contribution in [3.8, 4) is 0 Å². The zero-order chi connectivity index (χ0) is 9.42. The number of nitrogens with zero attached hydrogens (tertiary/aromatic N) is 1. The van der Waals surface area contributed by atoms with Crippen LogP contribution in [0.2, 0.25) is 0 Å². The fourth-order valence-corrected chi connectivity index (χ4v) is 1.99. The van der Waals surface area contributed by atoms with Crippen molar-refractivity contribution in [2.24, 2.45) is 0 Å². The fourth-order valence-electron chi connectivity index (χ4n) is 1.80. The third-order valence-electron chi connectivity index (χ3n) is 2.41. The van der Waals surface area contributed by atoms with Crippen LogP contribution in [-0.4, -0.2) is 28.4 Å². The Morgan fingerprint density at radius 2 is 2.46 bits per heavy atom. The molecule has 0 aromatic rings. The highest BCUT2D eigenvalue weighted by molar-refractivity contribution is 6.64. The van der Waals surface area contributed by atoms with E-state index in [4.69, 9.17) is 11.6 Å². The third kappa shape index (κ3) is 1.31. The van der Waals surface area contributed by atoms with Gasteiger partial charge in [0.25, 0.3) is 0 Å². The first kappa shape index (κ1) is 8.56. The van der Waals surface area contributed by atoms with Gasteiger partial charge in [-0.3, -0.25) is 4.79 Å². The van der Waals surface area contributed by atoms with E-state index in [2.05, 4.69) is 5.32 Å². The van der Waals surface area contributed by atoms with Gasteiger partial charge in [0.15, 0.2) is 0 Å². The van der Waals surface area contributed by atoms with Crippen LogP contribution in [0.4, 0.5) is 9.59 Å². The molecule has 0 saturated carbocycles. The Labute approximate surface area is 80.5 Å². The standard InChI is InChI=1S/C8H9ClN2O2/c9-7(12)11-6-4-2-1-3-5(6)10-8(11)13/h2,4-6H,1,3H2,(H,10,13).